The van der Waals surface area contributed by atoms with Gasteiger partial charge in [-0.3, -0.25) is 9.69 Å². The van der Waals surface area contributed by atoms with Gasteiger partial charge < -0.3 is 15.0 Å². The molecule has 0 aromatic heterocycles. The molecule has 1 amide bonds. The number of carbonyl (C=O) groups excluding carboxylic acids is 1. The summed E-state index contributed by atoms with van der Waals surface area (Å²) in [5.74, 6) is 0.705. The molecule has 4 rings (SSSR count). The zero-order valence-electron chi connectivity index (χ0n) is 17.6. The molecule has 0 atom stereocenters. The van der Waals surface area contributed by atoms with E-state index in [2.05, 4.69) is 15.1 Å². The van der Waals surface area contributed by atoms with E-state index in [0.29, 0.717) is 5.69 Å². The molecule has 166 valence electrons. The molecule has 2 aromatic rings. The fourth-order valence-corrected chi connectivity index (χ4v) is 4.41. The number of hydrogen-bond acceptors (Lipinski definition) is 6. The third-order valence-electron chi connectivity index (χ3n) is 5.80. The lowest BCUT2D eigenvalue weighted by molar-refractivity contribution is 0.102. The molecule has 1 heterocycles. The van der Waals surface area contributed by atoms with Crippen LogP contribution in [0.1, 0.15) is 23.2 Å². The summed E-state index contributed by atoms with van der Waals surface area (Å²) in [4.78, 5) is 17.6. The number of sulfonamides is 1. The van der Waals surface area contributed by atoms with E-state index in [9.17, 15) is 13.2 Å². The molecule has 1 saturated heterocycles. The quantitative estimate of drug-likeness (QED) is 0.678. The third kappa shape index (κ3) is 5.36. The van der Waals surface area contributed by atoms with Crippen molar-refractivity contribution >= 4 is 27.3 Å². The van der Waals surface area contributed by atoms with Crippen LogP contribution < -0.4 is 20.1 Å². The highest BCUT2D eigenvalue weighted by molar-refractivity contribution is 7.89. The number of nitrogens with two attached hydrogens (primary N) is 1. The summed E-state index contributed by atoms with van der Waals surface area (Å²) < 4.78 is 28.6. The van der Waals surface area contributed by atoms with Gasteiger partial charge in [-0.15, -0.1) is 0 Å². The lowest BCUT2D eigenvalue weighted by Crippen LogP contribution is -2.47. The molecule has 9 heteroatoms. The lowest BCUT2D eigenvalue weighted by atomic mass is 10.1. The van der Waals surface area contributed by atoms with Gasteiger partial charge in [-0.1, -0.05) is 6.07 Å². The molecule has 0 spiro atoms. The van der Waals surface area contributed by atoms with E-state index in [4.69, 9.17) is 9.88 Å². The molecule has 1 aliphatic carbocycles. The fraction of sp³-hybridized carbons (Fsp3) is 0.409. The molecule has 0 bridgehead atoms. The maximum atomic E-state index is 12.9. The van der Waals surface area contributed by atoms with Gasteiger partial charge in [-0.2, -0.15) is 0 Å². The number of nitrogens with zero attached hydrogens (tertiary/aromatic N) is 2. The van der Waals surface area contributed by atoms with E-state index in [1.807, 2.05) is 18.2 Å². The topological polar surface area (TPSA) is 105 Å². The molecule has 0 radical (unpaired) electrons. The summed E-state index contributed by atoms with van der Waals surface area (Å²) >= 11 is 0. The van der Waals surface area contributed by atoms with Gasteiger partial charge in [0.25, 0.3) is 5.91 Å². The number of hydrogen-bond donors (Lipinski definition) is 2. The van der Waals surface area contributed by atoms with Crippen LogP contribution in [0.25, 0.3) is 0 Å². The van der Waals surface area contributed by atoms with Crippen molar-refractivity contribution in [2.24, 2.45) is 11.1 Å². The molecule has 31 heavy (non-hydrogen) atoms. The number of ether oxygens (including phenoxy) is 1. The number of carbonyl (C=O) groups is 1. The van der Waals surface area contributed by atoms with E-state index in [1.54, 1.807) is 6.07 Å². The van der Waals surface area contributed by atoms with Crippen molar-refractivity contribution < 1.29 is 17.9 Å². The number of primary sulfonamides is 1. The number of anilines is 2. The first-order valence-electron chi connectivity index (χ1n) is 10.4. The van der Waals surface area contributed by atoms with Crippen LogP contribution in [0.5, 0.6) is 5.75 Å². The summed E-state index contributed by atoms with van der Waals surface area (Å²) in [7, 11) is -2.51. The second-order valence-corrected chi connectivity index (χ2v) is 9.70. The molecule has 2 fully saturated rings. The predicted octanol–water partition coefficient (Wildman–Crippen LogP) is 2.13. The van der Waals surface area contributed by atoms with E-state index in [0.717, 1.165) is 37.8 Å². The number of nitrogens with one attached hydrogen (secondary N) is 1. The fourth-order valence-electron chi connectivity index (χ4n) is 3.87. The van der Waals surface area contributed by atoms with Crippen molar-refractivity contribution in [3.05, 3.63) is 48.0 Å². The Hall–Kier alpha value is -2.62. The SMILES string of the molecule is COc1ccc(S(N)(=O)=O)cc1C(=O)Nc1cccc(N2CCN(CC3CC3)CC2)c1. The van der Waals surface area contributed by atoms with Crippen LogP contribution in [-0.4, -0.2) is 59.1 Å². The molecular formula is C22H28N4O4S. The monoisotopic (exact) mass is 444 g/mol. The average Bonchev–Trinajstić information content (AvgIpc) is 3.57. The summed E-state index contributed by atoms with van der Waals surface area (Å²) in [6, 6.07) is 11.6. The highest BCUT2D eigenvalue weighted by atomic mass is 32.2. The van der Waals surface area contributed by atoms with Crippen molar-refractivity contribution in [2.45, 2.75) is 17.7 Å². The van der Waals surface area contributed by atoms with Crippen molar-refractivity contribution in [3.63, 3.8) is 0 Å². The van der Waals surface area contributed by atoms with E-state index < -0.39 is 15.9 Å². The summed E-state index contributed by atoms with van der Waals surface area (Å²) in [6.07, 6.45) is 2.74. The van der Waals surface area contributed by atoms with Crippen LogP contribution in [0.4, 0.5) is 11.4 Å². The van der Waals surface area contributed by atoms with Crippen LogP contribution in [-0.2, 0) is 10.0 Å². The number of methoxy groups -OCH3 is 1. The van der Waals surface area contributed by atoms with Crippen LogP contribution >= 0.6 is 0 Å². The Bertz CT molecular complexity index is 1060. The van der Waals surface area contributed by atoms with Gasteiger partial charge in [-0.05, 0) is 55.2 Å². The lowest BCUT2D eigenvalue weighted by Gasteiger charge is -2.36. The minimum Gasteiger partial charge on any atom is -0.496 e. The summed E-state index contributed by atoms with van der Waals surface area (Å²) in [6.45, 7) is 5.21. The second-order valence-electron chi connectivity index (χ2n) is 8.14. The maximum Gasteiger partial charge on any atom is 0.259 e. The maximum absolute atomic E-state index is 12.9. The highest BCUT2D eigenvalue weighted by Gasteiger charge is 2.26. The second kappa shape index (κ2) is 8.86. The van der Waals surface area contributed by atoms with Crippen LogP contribution in [0.3, 0.4) is 0 Å². The Morgan fingerprint density at radius 1 is 1.13 bits per heavy atom. The van der Waals surface area contributed by atoms with E-state index in [-0.39, 0.29) is 16.2 Å². The highest BCUT2D eigenvalue weighted by Crippen LogP contribution is 2.30. The molecule has 1 aliphatic heterocycles. The molecule has 8 nitrogen and oxygen atoms in total. The van der Waals surface area contributed by atoms with Crippen molar-refractivity contribution in [1.82, 2.24) is 4.90 Å². The zero-order chi connectivity index (χ0) is 22.0. The first-order valence-corrected chi connectivity index (χ1v) is 12.0. The molecule has 2 aliphatic rings. The van der Waals surface area contributed by atoms with E-state index >= 15 is 0 Å². The standard InChI is InChI=1S/C22H28N4O4S/c1-30-21-8-7-19(31(23,28)29)14-20(21)22(27)24-17-3-2-4-18(13-17)26-11-9-25(10-12-26)15-16-5-6-16/h2-4,7-8,13-14,16H,5-6,9-12,15H2,1H3,(H,24,27)(H2,23,28,29). The molecule has 0 unspecified atom stereocenters. The molecule has 2 aromatic carbocycles. The minimum atomic E-state index is -3.93. The van der Waals surface area contributed by atoms with Crippen LogP contribution in [0.15, 0.2) is 47.4 Å². The third-order valence-corrected chi connectivity index (χ3v) is 6.71. The Morgan fingerprint density at radius 3 is 2.52 bits per heavy atom. The van der Waals surface area contributed by atoms with E-state index in [1.165, 1.54) is 44.7 Å². The number of benzene rings is 2. The first kappa shape index (κ1) is 21.6. The molecule has 1 saturated carbocycles. The van der Waals surface area contributed by atoms with Crippen molar-refractivity contribution in [1.29, 1.82) is 0 Å². The number of rotatable bonds is 7. The van der Waals surface area contributed by atoms with Gasteiger partial charge in [0.05, 0.1) is 17.6 Å². The predicted molar refractivity (Wildman–Crippen MR) is 120 cm³/mol. The van der Waals surface area contributed by atoms with Gasteiger partial charge >= 0.3 is 0 Å². The summed E-state index contributed by atoms with van der Waals surface area (Å²) in [5, 5.41) is 8.05. The largest absolute Gasteiger partial charge is 0.496 e. The Morgan fingerprint density at radius 2 is 1.87 bits per heavy atom. The van der Waals surface area contributed by atoms with Crippen molar-refractivity contribution in [3.8, 4) is 5.75 Å². The van der Waals surface area contributed by atoms with Gasteiger partial charge in [0.2, 0.25) is 10.0 Å². The summed E-state index contributed by atoms with van der Waals surface area (Å²) in [5.41, 5.74) is 1.79. The van der Waals surface area contributed by atoms with Gasteiger partial charge in [0.1, 0.15) is 5.75 Å². The van der Waals surface area contributed by atoms with Crippen LogP contribution in [0, 0.1) is 5.92 Å². The molecular weight excluding hydrogens is 416 g/mol. The van der Waals surface area contributed by atoms with Gasteiger partial charge in [0, 0.05) is 44.1 Å². The first-order chi connectivity index (χ1) is 14.8. The molecule has 3 N–H and O–H groups in total. The zero-order valence-corrected chi connectivity index (χ0v) is 18.4. The van der Waals surface area contributed by atoms with Crippen molar-refractivity contribution in [2.75, 3.05) is 50.1 Å². The number of amides is 1. The Labute approximate surface area is 183 Å². The number of piperazine rings is 1. The smallest absolute Gasteiger partial charge is 0.259 e. The Kier molecular flexibility index (Phi) is 6.17. The Balaban J connectivity index is 1.46. The minimum absolute atomic E-state index is 0.105. The average molecular weight is 445 g/mol. The van der Waals surface area contributed by atoms with Gasteiger partial charge in [0.15, 0.2) is 0 Å². The normalized spacial score (nSPS) is 17.4. The van der Waals surface area contributed by atoms with Gasteiger partial charge in [-0.25, -0.2) is 13.6 Å². The van der Waals surface area contributed by atoms with Crippen LogP contribution in [0.2, 0.25) is 0 Å².